The van der Waals surface area contributed by atoms with Crippen LogP contribution in [-0.4, -0.2) is 23.0 Å². The molecular weight excluding hydrogens is 218 g/mol. The molecule has 0 bridgehead atoms. The number of rotatable bonds is 5. The third kappa shape index (κ3) is 4.44. The number of hydrogen-bond acceptors (Lipinski definition) is 2. The summed E-state index contributed by atoms with van der Waals surface area (Å²) in [7, 11) is 0. The van der Waals surface area contributed by atoms with E-state index in [1.54, 1.807) is 12.2 Å². The second-order valence-electron chi connectivity index (χ2n) is 3.92. The average Bonchev–Trinajstić information content (AvgIpc) is 2.67. The van der Waals surface area contributed by atoms with Crippen LogP contribution in [0.2, 0.25) is 0 Å². The Morgan fingerprint density at radius 1 is 1.44 bits per heavy atom. The molecule has 1 fully saturated rings. The molecule has 1 N–H and O–H groups in total. The molecule has 0 aromatic heterocycles. The molecule has 0 aromatic carbocycles. The minimum atomic E-state index is 0.0340. The number of amides is 1. The molecule has 0 heterocycles. The highest BCUT2D eigenvalue weighted by molar-refractivity contribution is 7.99. The molecule has 1 rings (SSSR count). The van der Waals surface area contributed by atoms with Crippen LogP contribution in [0.3, 0.4) is 0 Å². The molecule has 16 heavy (non-hydrogen) atoms. The van der Waals surface area contributed by atoms with Crippen molar-refractivity contribution in [2.24, 2.45) is 0 Å². The van der Waals surface area contributed by atoms with Gasteiger partial charge in [0.05, 0.1) is 0 Å². The Hall–Kier alpha value is -0.700. The van der Waals surface area contributed by atoms with Crippen molar-refractivity contribution in [2.45, 2.75) is 44.4 Å². The summed E-state index contributed by atoms with van der Waals surface area (Å²) in [6.07, 6.45) is 10.8. The van der Waals surface area contributed by atoms with Crippen molar-refractivity contribution in [3.63, 3.8) is 0 Å². The number of thioether (sulfide) groups is 1. The molecule has 3 heteroatoms. The molecule has 0 aromatic rings. The van der Waals surface area contributed by atoms with E-state index >= 15 is 0 Å². The van der Waals surface area contributed by atoms with Crippen molar-refractivity contribution in [1.29, 1.82) is 0 Å². The molecule has 1 aliphatic rings. The first-order valence-corrected chi connectivity index (χ1v) is 7.04. The first kappa shape index (κ1) is 13.4. The van der Waals surface area contributed by atoms with E-state index in [1.807, 2.05) is 30.8 Å². The minimum absolute atomic E-state index is 0.0340. The standard InChI is InChI=1S/C13H21NOS/c1-3-5-6-10-13(15)14-11-8-7-9-12(11)16-4-2/h3,5-6,10-12H,4,7-9H2,1-2H3,(H,14,15)/b5-3+,10-6+/t11-,12+/m0/s1. The SMILES string of the molecule is C/C=C/C=C/C(=O)N[C@H]1CCC[C@H]1SCC. The lowest BCUT2D eigenvalue weighted by Gasteiger charge is -2.19. The van der Waals surface area contributed by atoms with Gasteiger partial charge in [-0.2, -0.15) is 11.8 Å². The summed E-state index contributed by atoms with van der Waals surface area (Å²) < 4.78 is 0. The van der Waals surface area contributed by atoms with Gasteiger partial charge in [0.25, 0.3) is 0 Å². The molecule has 0 spiro atoms. The van der Waals surface area contributed by atoms with Gasteiger partial charge in [0.1, 0.15) is 0 Å². The third-order valence-electron chi connectivity index (χ3n) is 2.71. The van der Waals surface area contributed by atoms with E-state index in [4.69, 9.17) is 0 Å². The molecule has 0 radical (unpaired) electrons. The molecule has 0 aliphatic heterocycles. The van der Waals surface area contributed by atoms with Crippen molar-refractivity contribution in [3.05, 3.63) is 24.3 Å². The van der Waals surface area contributed by atoms with Gasteiger partial charge in [-0.25, -0.2) is 0 Å². The average molecular weight is 239 g/mol. The number of hydrogen-bond donors (Lipinski definition) is 1. The second kappa shape index (κ2) is 7.55. The van der Waals surface area contributed by atoms with Crippen LogP contribution in [0.5, 0.6) is 0 Å². The highest BCUT2D eigenvalue weighted by Gasteiger charge is 2.27. The Bertz CT molecular complexity index is 273. The van der Waals surface area contributed by atoms with Crippen molar-refractivity contribution < 1.29 is 4.79 Å². The van der Waals surface area contributed by atoms with Gasteiger partial charge in [-0.05, 0) is 25.5 Å². The van der Waals surface area contributed by atoms with Crippen LogP contribution in [-0.2, 0) is 4.79 Å². The van der Waals surface area contributed by atoms with Gasteiger partial charge in [-0.3, -0.25) is 4.79 Å². The first-order valence-electron chi connectivity index (χ1n) is 5.99. The van der Waals surface area contributed by atoms with Gasteiger partial charge >= 0.3 is 0 Å². The Morgan fingerprint density at radius 2 is 2.25 bits per heavy atom. The van der Waals surface area contributed by atoms with E-state index in [2.05, 4.69) is 12.2 Å². The fourth-order valence-corrected chi connectivity index (χ4v) is 3.19. The topological polar surface area (TPSA) is 29.1 Å². The number of carbonyl (C=O) groups excluding carboxylic acids is 1. The van der Waals surface area contributed by atoms with Gasteiger partial charge in [0.15, 0.2) is 0 Å². The first-order chi connectivity index (χ1) is 7.77. The zero-order valence-electron chi connectivity index (χ0n) is 10.1. The van der Waals surface area contributed by atoms with Crippen molar-refractivity contribution in [3.8, 4) is 0 Å². The highest BCUT2D eigenvalue weighted by atomic mass is 32.2. The predicted octanol–water partition coefficient (Wildman–Crippen LogP) is 2.91. The van der Waals surface area contributed by atoms with Crippen molar-refractivity contribution in [2.75, 3.05) is 5.75 Å². The monoisotopic (exact) mass is 239 g/mol. The maximum atomic E-state index is 11.6. The fraction of sp³-hybridized carbons (Fsp3) is 0.615. The largest absolute Gasteiger partial charge is 0.349 e. The van der Waals surface area contributed by atoms with Crippen molar-refractivity contribution >= 4 is 17.7 Å². The summed E-state index contributed by atoms with van der Waals surface area (Å²) >= 11 is 1.96. The quantitative estimate of drug-likeness (QED) is 0.590. The third-order valence-corrected chi connectivity index (χ3v) is 4.04. The van der Waals surface area contributed by atoms with E-state index in [0.29, 0.717) is 11.3 Å². The molecule has 0 unspecified atom stereocenters. The van der Waals surface area contributed by atoms with Crippen LogP contribution in [0.15, 0.2) is 24.3 Å². The van der Waals surface area contributed by atoms with Crippen molar-refractivity contribution in [1.82, 2.24) is 5.32 Å². The number of nitrogens with one attached hydrogen (secondary N) is 1. The molecule has 2 atom stereocenters. The number of allylic oxidation sites excluding steroid dienone is 3. The van der Waals surface area contributed by atoms with Gasteiger partial charge < -0.3 is 5.32 Å². The van der Waals surface area contributed by atoms with Gasteiger partial charge in [0, 0.05) is 17.4 Å². The molecule has 1 aliphatic carbocycles. The Labute approximate surface area is 103 Å². The number of carbonyl (C=O) groups is 1. The minimum Gasteiger partial charge on any atom is -0.349 e. The van der Waals surface area contributed by atoms with Gasteiger partial charge in [-0.15, -0.1) is 0 Å². The van der Waals surface area contributed by atoms with Crippen LogP contribution in [0.25, 0.3) is 0 Å². The van der Waals surface area contributed by atoms with Gasteiger partial charge in [0.2, 0.25) is 5.91 Å². The Kier molecular flexibility index (Phi) is 6.31. The van der Waals surface area contributed by atoms with E-state index in [0.717, 1.165) is 12.2 Å². The smallest absolute Gasteiger partial charge is 0.244 e. The molecule has 2 nitrogen and oxygen atoms in total. The molecule has 90 valence electrons. The van der Waals surface area contributed by atoms with Crippen LogP contribution < -0.4 is 5.32 Å². The Balaban J connectivity index is 2.37. The lowest BCUT2D eigenvalue weighted by molar-refractivity contribution is -0.117. The maximum absolute atomic E-state index is 11.6. The molecule has 0 saturated heterocycles. The van der Waals surface area contributed by atoms with Crippen LogP contribution in [0.1, 0.15) is 33.1 Å². The summed E-state index contributed by atoms with van der Waals surface area (Å²) in [5.74, 6) is 1.16. The normalized spacial score (nSPS) is 25.6. The van der Waals surface area contributed by atoms with E-state index in [1.165, 1.54) is 12.8 Å². The summed E-state index contributed by atoms with van der Waals surface area (Å²) in [5.41, 5.74) is 0. The van der Waals surface area contributed by atoms with Gasteiger partial charge in [-0.1, -0.05) is 31.6 Å². The van der Waals surface area contributed by atoms with Crippen LogP contribution in [0, 0.1) is 0 Å². The van der Waals surface area contributed by atoms with E-state index in [9.17, 15) is 4.79 Å². The molecule has 1 amide bonds. The van der Waals surface area contributed by atoms with Crippen LogP contribution >= 0.6 is 11.8 Å². The summed E-state index contributed by atoms with van der Waals surface area (Å²) in [5, 5.41) is 3.71. The highest BCUT2D eigenvalue weighted by Crippen LogP contribution is 2.29. The van der Waals surface area contributed by atoms with E-state index in [-0.39, 0.29) is 5.91 Å². The summed E-state index contributed by atoms with van der Waals surface area (Å²) in [6, 6.07) is 0.368. The van der Waals surface area contributed by atoms with Crippen LogP contribution in [0.4, 0.5) is 0 Å². The zero-order valence-corrected chi connectivity index (χ0v) is 10.9. The Morgan fingerprint density at radius 3 is 2.94 bits per heavy atom. The second-order valence-corrected chi connectivity index (χ2v) is 5.44. The summed E-state index contributed by atoms with van der Waals surface area (Å²) in [4.78, 5) is 11.6. The zero-order chi connectivity index (χ0) is 11.8. The molecule has 1 saturated carbocycles. The maximum Gasteiger partial charge on any atom is 0.244 e. The molecular formula is C13H21NOS. The lowest BCUT2D eigenvalue weighted by atomic mass is 10.2. The fourth-order valence-electron chi connectivity index (χ4n) is 1.99. The predicted molar refractivity (Wildman–Crippen MR) is 71.7 cm³/mol. The lowest BCUT2D eigenvalue weighted by Crippen LogP contribution is -2.37. The summed E-state index contributed by atoms with van der Waals surface area (Å²) in [6.45, 7) is 4.11. The van der Waals surface area contributed by atoms with E-state index < -0.39 is 0 Å².